The zero-order valence-electron chi connectivity index (χ0n) is 15.1. The Kier molecular flexibility index (Phi) is 6.76. The molecule has 1 heterocycles. The first-order valence-corrected chi connectivity index (χ1v) is 9.09. The monoisotopic (exact) mass is 330 g/mol. The first kappa shape index (κ1) is 18.4. The van der Waals surface area contributed by atoms with Crippen LogP contribution >= 0.6 is 0 Å². The molecule has 1 aromatic heterocycles. The summed E-state index contributed by atoms with van der Waals surface area (Å²) in [5.41, 5.74) is 2.80. The summed E-state index contributed by atoms with van der Waals surface area (Å²) in [6.07, 6.45) is 13.9. The van der Waals surface area contributed by atoms with E-state index in [0.717, 1.165) is 68.4 Å². The van der Waals surface area contributed by atoms with Gasteiger partial charge in [0.2, 0.25) is 6.41 Å². The van der Waals surface area contributed by atoms with E-state index >= 15 is 0 Å². The van der Waals surface area contributed by atoms with E-state index in [-0.39, 0.29) is 5.54 Å². The van der Waals surface area contributed by atoms with Crippen LogP contribution in [-0.2, 0) is 4.79 Å². The minimum absolute atomic E-state index is 0.0674. The van der Waals surface area contributed by atoms with Gasteiger partial charge in [-0.2, -0.15) is 0 Å². The molecule has 1 fully saturated rings. The smallest absolute Gasteiger partial charge is 0.207 e. The van der Waals surface area contributed by atoms with Gasteiger partial charge in [-0.3, -0.25) is 9.78 Å². The summed E-state index contributed by atoms with van der Waals surface area (Å²) in [5, 5.41) is 6.79. The van der Waals surface area contributed by atoms with Crippen molar-refractivity contribution in [2.24, 2.45) is 0 Å². The molecule has 1 aromatic rings. The molecular weight excluding hydrogens is 300 g/mol. The Bertz CT molecular complexity index is 568. The highest BCUT2D eigenvalue weighted by Gasteiger charge is 2.35. The third-order valence-corrected chi connectivity index (χ3v) is 4.74. The summed E-state index contributed by atoms with van der Waals surface area (Å²) in [6.45, 7) is 6.26. The van der Waals surface area contributed by atoms with Gasteiger partial charge in [-0.15, -0.1) is 0 Å². The average Bonchev–Trinajstić information content (AvgIpc) is 2.55. The average molecular weight is 330 g/mol. The third kappa shape index (κ3) is 4.79. The highest BCUT2D eigenvalue weighted by molar-refractivity contribution is 5.60. The van der Waals surface area contributed by atoms with Crippen LogP contribution in [0.1, 0.15) is 70.2 Å². The second kappa shape index (κ2) is 8.81. The van der Waals surface area contributed by atoms with Crippen molar-refractivity contribution in [2.75, 3.05) is 0 Å². The lowest BCUT2D eigenvalue weighted by Gasteiger charge is -2.41. The summed E-state index contributed by atoms with van der Waals surface area (Å²) in [7, 11) is 0. The van der Waals surface area contributed by atoms with Crippen molar-refractivity contribution < 1.29 is 4.79 Å². The molecule has 24 heavy (non-hydrogen) atoms. The van der Waals surface area contributed by atoms with Crippen LogP contribution in [0.4, 0.5) is 0 Å². The van der Waals surface area contributed by atoms with Gasteiger partial charge in [0.05, 0.1) is 17.6 Å². The number of carbonyl (C=O) groups excluding carboxylic acids is 1. The molecule has 2 atom stereocenters. The Morgan fingerprint density at radius 3 is 2.92 bits per heavy atom. The second-order valence-corrected chi connectivity index (χ2v) is 6.80. The molecule has 132 valence electrons. The zero-order valence-corrected chi connectivity index (χ0v) is 15.1. The minimum atomic E-state index is -0.0674. The molecular formula is C19H30N4O. The molecule has 0 radical (unpaired) electrons. The predicted octanol–water partition coefficient (Wildman–Crippen LogP) is 3.35. The van der Waals surface area contributed by atoms with Crippen molar-refractivity contribution in [3.05, 3.63) is 29.9 Å². The largest absolute Gasteiger partial charge is 0.381 e. The van der Waals surface area contributed by atoms with Crippen molar-refractivity contribution in [2.45, 2.75) is 77.3 Å². The fraction of sp³-hybridized carbons (Fsp3) is 0.632. The predicted molar refractivity (Wildman–Crippen MR) is 97.3 cm³/mol. The van der Waals surface area contributed by atoms with Crippen LogP contribution in [0.5, 0.6) is 0 Å². The Balaban J connectivity index is 2.14. The van der Waals surface area contributed by atoms with Gasteiger partial charge in [0, 0.05) is 17.8 Å². The lowest BCUT2D eigenvalue weighted by atomic mass is 9.76. The quantitative estimate of drug-likeness (QED) is 0.717. The maximum atomic E-state index is 11.1. The van der Waals surface area contributed by atoms with E-state index in [1.54, 1.807) is 6.20 Å². The highest BCUT2D eigenvalue weighted by Crippen LogP contribution is 2.33. The third-order valence-electron chi connectivity index (χ3n) is 4.74. The minimum Gasteiger partial charge on any atom is -0.381 e. The van der Waals surface area contributed by atoms with Crippen molar-refractivity contribution >= 4 is 12.1 Å². The summed E-state index contributed by atoms with van der Waals surface area (Å²) in [4.78, 5) is 19.9. The van der Waals surface area contributed by atoms with Gasteiger partial charge in [-0.05, 0) is 45.4 Å². The standard InChI is InChI=1S/C19H30N4O/c1-4-7-17(18-13-20-12-15(3)22-18)23-16-8-6-10-19(11-16,9-5-2)21-14-24/h7,12-14,16,23H,4-6,8-11H2,1-3H3,(H,21,24)/b17-7-. The fourth-order valence-electron chi connectivity index (χ4n) is 3.77. The fourth-order valence-corrected chi connectivity index (χ4v) is 3.77. The number of aromatic nitrogens is 2. The van der Waals surface area contributed by atoms with Crippen LogP contribution in [0.3, 0.4) is 0 Å². The number of carbonyl (C=O) groups is 1. The van der Waals surface area contributed by atoms with Crippen LogP contribution in [-0.4, -0.2) is 28.0 Å². The van der Waals surface area contributed by atoms with Gasteiger partial charge >= 0.3 is 0 Å². The highest BCUT2D eigenvalue weighted by atomic mass is 16.1. The van der Waals surface area contributed by atoms with Gasteiger partial charge in [-0.25, -0.2) is 4.98 Å². The molecule has 2 unspecified atom stereocenters. The summed E-state index contributed by atoms with van der Waals surface area (Å²) in [5.74, 6) is 0. The van der Waals surface area contributed by atoms with Crippen LogP contribution in [0, 0.1) is 6.92 Å². The normalized spacial score (nSPS) is 24.5. The number of amides is 1. The lowest BCUT2D eigenvalue weighted by molar-refractivity contribution is -0.111. The summed E-state index contributed by atoms with van der Waals surface area (Å²) < 4.78 is 0. The van der Waals surface area contributed by atoms with E-state index in [1.807, 2.05) is 13.1 Å². The van der Waals surface area contributed by atoms with Crippen molar-refractivity contribution in [3.8, 4) is 0 Å². The first-order valence-electron chi connectivity index (χ1n) is 9.09. The number of hydrogen-bond donors (Lipinski definition) is 2. The maximum absolute atomic E-state index is 11.1. The second-order valence-electron chi connectivity index (χ2n) is 6.80. The molecule has 2 N–H and O–H groups in total. The van der Waals surface area contributed by atoms with Gasteiger partial charge in [0.1, 0.15) is 5.69 Å². The Morgan fingerprint density at radius 2 is 2.25 bits per heavy atom. The van der Waals surface area contributed by atoms with E-state index in [9.17, 15) is 4.79 Å². The van der Waals surface area contributed by atoms with Crippen molar-refractivity contribution in [1.29, 1.82) is 0 Å². The summed E-state index contributed by atoms with van der Waals surface area (Å²) in [6, 6.07) is 0.345. The molecule has 2 rings (SSSR count). The molecule has 1 amide bonds. The summed E-state index contributed by atoms with van der Waals surface area (Å²) >= 11 is 0. The molecule has 0 aliphatic heterocycles. The number of aryl methyl sites for hydroxylation is 1. The van der Waals surface area contributed by atoms with Crippen LogP contribution in [0.25, 0.3) is 5.70 Å². The zero-order chi connectivity index (χ0) is 17.4. The molecule has 1 aliphatic rings. The lowest BCUT2D eigenvalue weighted by Crippen LogP contribution is -2.52. The van der Waals surface area contributed by atoms with Crippen LogP contribution < -0.4 is 10.6 Å². The van der Waals surface area contributed by atoms with Gasteiger partial charge < -0.3 is 10.6 Å². The van der Waals surface area contributed by atoms with Crippen LogP contribution in [0.2, 0.25) is 0 Å². The molecule has 5 nitrogen and oxygen atoms in total. The maximum Gasteiger partial charge on any atom is 0.207 e. The molecule has 0 bridgehead atoms. The SMILES string of the molecule is CC/C=C(\NC1CCCC(CCC)(NC=O)C1)c1cncc(C)n1. The van der Waals surface area contributed by atoms with E-state index in [4.69, 9.17) is 0 Å². The van der Waals surface area contributed by atoms with Gasteiger partial charge in [0.25, 0.3) is 0 Å². The molecule has 0 spiro atoms. The first-order chi connectivity index (χ1) is 11.6. The number of rotatable bonds is 8. The molecule has 0 aromatic carbocycles. The Morgan fingerprint density at radius 1 is 1.42 bits per heavy atom. The molecule has 1 aliphatic carbocycles. The topological polar surface area (TPSA) is 66.9 Å². The number of hydrogen-bond acceptors (Lipinski definition) is 4. The van der Waals surface area contributed by atoms with Crippen molar-refractivity contribution in [3.63, 3.8) is 0 Å². The van der Waals surface area contributed by atoms with Gasteiger partial charge in [-0.1, -0.05) is 26.3 Å². The van der Waals surface area contributed by atoms with E-state index in [0.29, 0.717) is 6.04 Å². The number of allylic oxidation sites excluding steroid dienone is 1. The van der Waals surface area contributed by atoms with Crippen molar-refractivity contribution in [1.82, 2.24) is 20.6 Å². The van der Waals surface area contributed by atoms with E-state index in [2.05, 4.69) is 40.5 Å². The Hall–Kier alpha value is -1.91. The van der Waals surface area contributed by atoms with E-state index in [1.165, 1.54) is 0 Å². The van der Waals surface area contributed by atoms with Crippen LogP contribution in [0.15, 0.2) is 18.5 Å². The molecule has 5 heteroatoms. The number of nitrogens with zero attached hydrogens (tertiary/aromatic N) is 2. The van der Waals surface area contributed by atoms with E-state index < -0.39 is 0 Å². The molecule has 0 saturated heterocycles. The van der Waals surface area contributed by atoms with Gasteiger partial charge in [0.15, 0.2) is 0 Å². The molecule has 1 saturated carbocycles. The Labute approximate surface area is 145 Å². The number of nitrogens with one attached hydrogen (secondary N) is 2.